The molecule has 0 bridgehead atoms. The van der Waals surface area contributed by atoms with E-state index in [9.17, 15) is 5.11 Å². The van der Waals surface area contributed by atoms with E-state index in [0.29, 0.717) is 13.2 Å². The molecule has 0 radical (unpaired) electrons. The molecule has 0 saturated carbocycles. The molecule has 0 amide bonds. The molecular weight excluding hydrogens is 208 g/mol. The Morgan fingerprint density at radius 1 is 1.44 bits per heavy atom. The second kappa shape index (κ2) is 8.90. The monoisotopic (exact) mass is 232 g/mol. The number of methoxy groups -OCH3 is 1. The zero-order valence-electron chi connectivity index (χ0n) is 10.2. The minimum absolute atomic E-state index is 0.395. The molecule has 0 spiro atoms. The quantitative estimate of drug-likeness (QED) is 0.542. The Kier molecular flexibility index (Phi) is 7.71. The van der Waals surface area contributed by atoms with Crippen molar-refractivity contribution in [2.24, 2.45) is 0 Å². The van der Waals surface area contributed by atoms with Crippen molar-refractivity contribution in [3.8, 4) is 0 Å². The third-order valence-corrected chi connectivity index (χ3v) is 2.67. The van der Waals surface area contributed by atoms with Crippen molar-refractivity contribution in [3.05, 3.63) is 0 Å². The van der Waals surface area contributed by atoms with E-state index in [1.165, 1.54) is 0 Å². The summed E-state index contributed by atoms with van der Waals surface area (Å²) in [6, 6.07) is 0. The van der Waals surface area contributed by atoms with Gasteiger partial charge in [-0.05, 0) is 19.5 Å². The van der Waals surface area contributed by atoms with Crippen LogP contribution in [-0.4, -0.2) is 75.8 Å². The maximum Gasteiger partial charge on any atom is 0.0897 e. The summed E-state index contributed by atoms with van der Waals surface area (Å²) in [7, 11) is 1.60. The highest BCUT2D eigenvalue weighted by Crippen LogP contribution is 1.97. The van der Waals surface area contributed by atoms with Gasteiger partial charge < -0.3 is 19.9 Å². The van der Waals surface area contributed by atoms with E-state index in [-0.39, 0.29) is 0 Å². The number of morpholine rings is 1. The zero-order valence-corrected chi connectivity index (χ0v) is 10.2. The van der Waals surface area contributed by atoms with Crippen LogP contribution < -0.4 is 5.32 Å². The lowest BCUT2D eigenvalue weighted by atomic mass is 10.3. The number of aliphatic hydroxyl groups excluding tert-OH is 1. The van der Waals surface area contributed by atoms with Crippen LogP contribution in [-0.2, 0) is 9.47 Å². The third-order valence-electron chi connectivity index (χ3n) is 2.67. The highest BCUT2D eigenvalue weighted by Gasteiger charge is 2.09. The first-order chi connectivity index (χ1) is 7.83. The van der Waals surface area contributed by atoms with Gasteiger partial charge in [-0.2, -0.15) is 0 Å². The first-order valence-corrected chi connectivity index (χ1v) is 6.00. The van der Waals surface area contributed by atoms with Crippen LogP contribution in [0.1, 0.15) is 6.42 Å². The number of hydrogen-bond donors (Lipinski definition) is 2. The topological polar surface area (TPSA) is 54.0 Å². The minimum atomic E-state index is -0.395. The molecule has 1 heterocycles. The molecule has 0 aliphatic carbocycles. The van der Waals surface area contributed by atoms with Crippen LogP contribution >= 0.6 is 0 Å². The zero-order chi connectivity index (χ0) is 11.6. The minimum Gasteiger partial charge on any atom is -0.389 e. The lowest BCUT2D eigenvalue weighted by molar-refractivity contribution is 0.0370. The Morgan fingerprint density at radius 2 is 2.19 bits per heavy atom. The molecule has 1 fully saturated rings. The molecule has 2 N–H and O–H groups in total. The molecule has 1 atom stereocenters. The van der Waals surface area contributed by atoms with Crippen LogP contribution in [0.3, 0.4) is 0 Å². The molecule has 5 heteroatoms. The molecule has 0 aromatic rings. The van der Waals surface area contributed by atoms with Crippen molar-refractivity contribution >= 4 is 0 Å². The van der Waals surface area contributed by atoms with Crippen LogP contribution in [0.15, 0.2) is 0 Å². The largest absolute Gasteiger partial charge is 0.389 e. The second-order valence-electron chi connectivity index (χ2n) is 4.12. The van der Waals surface area contributed by atoms with Crippen LogP contribution in [0.2, 0.25) is 0 Å². The van der Waals surface area contributed by atoms with Crippen molar-refractivity contribution in [1.29, 1.82) is 0 Å². The van der Waals surface area contributed by atoms with Crippen LogP contribution in [0.5, 0.6) is 0 Å². The Bertz CT molecular complexity index is 163. The molecule has 96 valence electrons. The second-order valence-corrected chi connectivity index (χ2v) is 4.12. The van der Waals surface area contributed by atoms with Gasteiger partial charge in [0.15, 0.2) is 0 Å². The predicted molar refractivity (Wildman–Crippen MR) is 62.6 cm³/mol. The highest BCUT2D eigenvalue weighted by molar-refractivity contribution is 4.63. The molecule has 1 rings (SSSR count). The lowest BCUT2D eigenvalue weighted by Gasteiger charge is -2.26. The van der Waals surface area contributed by atoms with Crippen molar-refractivity contribution in [2.75, 3.05) is 59.7 Å². The molecular formula is C11H24N2O3. The Hall–Kier alpha value is -0.200. The van der Waals surface area contributed by atoms with Crippen molar-refractivity contribution in [2.45, 2.75) is 12.5 Å². The summed E-state index contributed by atoms with van der Waals surface area (Å²) < 4.78 is 10.1. The number of nitrogens with zero attached hydrogens (tertiary/aromatic N) is 1. The first-order valence-electron chi connectivity index (χ1n) is 6.00. The fraction of sp³-hybridized carbons (Fsp3) is 1.00. The van der Waals surface area contributed by atoms with Gasteiger partial charge in [0.25, 0.3) is 0 Å². The van der Waals surface area contributed by atoms with Crippen LogP contribution in [0.4, 0.5) is 0 Å². The summed E-state index contributed by atoms with van der Waals surface area (Å²) in [5.74, 6) is 0. The summed E-state index contributed by atoms with van der Waals surface area (Å²) in [6.07, 6.45) is 0.716. The molecule has 0 aromatic heterocycles. The maximum absolute atomic E-state index is 9.38. The third kappa shape index (κ3) is 6.40. The fourth-order valence-corrected chi connectivity index (χ4v) is 1.77. The van der Waals surface area contributed by atoms with E-state index in [1.807, 2.05) is 0 Å². The van der Waals surface area contributed by atoms with Crippen LogP contribution in [0.25, 0.3) is 0 Å². The molecule has 16 heavy (non-hydrogen) atoms. The van der Waals surface area contributed by atoms with Gasteiger partial charge in [-0.1, -0.05) is 0 Å². The smallest absolute Gasteiger partial charge is 0.0897 e. The Labute approximate surface area is 97.7 Å². The molecule has 0 aromatic carbocycles. The summed E-state index contributed by atoms with van der Waals surface area (Å²) >= 11 is 0. The van der Waals surface area contributed by atoms with Gasteiger partial charge in [-0.25, -0.2) is 0 Å². The molecule has 5 nitrogen and oxygen atoms in total. The van der Waals surface area contributed by atoms with E-state index >= 15 is 0 Å². The average molecular weight is 232 g/mol. The molecule has 1 aliphatic heterocycles. The first kappa shape index (κ1) is 13.9. The van der Waals surface area contributed by atoms with Gasteiger partial charge in [0, 0.05) is 26.7 Å². The predicted octanol–water partition coefficient (Wildman–Crippen LogP) is -0.694. The van der Waals surface area contributed by atoms with E-state index in [4.69, 9.17) is 9.47 Å². The van der Waals surface area contributed by atoms with Crippen LogP contribution in [0, 0.1) is 0 Å². The number of nitrogens with one attached hydrogen (secondary N) is 1. The Balaban J connectivity index is 1.87. The summed E-state index contributed by atoms with van der Waals surface area (Å²) in [4.78, 5) is 2.41. The highest BCUT2D eigenvalue weighted by atomic mass is 16.5. The van der Waals surface area contributed by atoms with Gasteiger partial charge in [0.2, 0.25) is 0 Å². The van der Waals surface area contributed by atoms with Gasteiger partial charge in [-0.3, -0.25) is 4.90 Å². The van der Waals surface area contributed by atoms with Crippen molar-refractivity contribution < 1.29 is 14.6 Å². The van der Waals surface area contributed by atoms with Gasteiger partial charge in [0.1, 0.15) is 0 Å². The molecule has 1 aliphatic rings. The molecule has 1 saturated heterocycles. The summed E-state index contributed by atoms with van der Waals surface area (Å²) in [6.45, 7) is 6.88. The Morgan fingerprint density at radius 3 is 2.88 bits per heavy atom. The van der Waals surface area contributed by atoms with E-state index in [1.54, 1.807) is 7.11 Å². The van der Waals surface area contributed by atoms with Crippen molar-refractivity contribution in [3.63, 3.8) is 0 Å². The van der Waals surface area contributed by atoms with E-state index in [0.717, 1.165) is 45.8 Å². The average Bonchev–Trinajstić information content (AvgIpc) is 2.30. The lowest BCUT2D eigenvalue weighted by Crippen LogP contribution is -2.38. The fourth-order valence-electron chi connectivity index (χ4n) is 1.77. The standard InChI is InChI=1S/C11H24N2O3/c1-15-10-11(14)9-12-3-2-4-13-5-7-16-8-6-13/h11-12,14H,2-10H2,1H3. The van der Waals surface area contributed by atoms with Gasteiger partial charge in [-0.15, -0.1) is 0 Å². The SMILES string of the molecule is COCC(O)CNCCCN1CCOCC1. The molecule has 1 unspecified atom stereocenters. The maximum atomic E-state index is 9.38. The number of rotatable bonds is 8. The number of ether oxygens (including phenoxy) is 2. The van der Waals surface area contributed by atoms with Gasteiger partial charge in [0.05, 0.1) is 25.9 Å². The number of hydrogen-bond acceptors (Lipinski definition) is 5. The summed E-state index contributed by atoms with van der Waals surface area (Å²) in [5, 5.41) is 12.6. The van der Waals surface area contributed by atoms with Gasteiger partial charge >= 0.3 is 0 Å². The summed E-state index contributed by atoms with van der Waals surface area (Å²) in [5.41, 5.74) is 0. The normalized spacial score (nSPS) is 19.9. The van der Waals surface area contributed by atoms with E-state index < -0.39 is 6.10 Å². The number of aliphatic hydroxyl groups is 1. The van der Waals surface area contributed by atoms with Crippen molar-refractivity contribution in [1.82, 2.24) is 10.2 Å². The van der Waals surface area contributed by atoms with E-state index in [2.05, 4.69) is 10.2 Å².